The average Bonchev–Trinajstić information content (AvgIpc) is 2.54. The summed E-state index contributed by atoms with van der Waals surface area (Å²) in [5.41, 5.74) is 6.10. The van der Waals surface area contributed by atoms with Crippen molar-refractivity contribution in [2.24, 2.45) is 11.7 Å². The van der Waals surface area contributed by atoms with Crippen LogP contribution in [0.2, 0.25) is 0 Å². The van der Waals surface area contributed by atoms with Gasteiger partial charge < -0.3 is 15.5 Å². The van der Waals surface area contributed by atoms with Crippen LogP contribution in [-0.4, -0.2) is 55.0 Å². The highest BCUT2D eigenvalue weighted by molar-refractivity contribution is 5.79. The molecule has 17 heavy (non-hydrogen) atoms. The van der Waals surface area contributed by atoms with E-state index in [-0.39, 0.29) is 12.0 Å². The van der Waals surface area contributed by atoms with Gasteiger partial charge in [0.25, 0.3) is 0 Å². The zero-order valence-electron chi connectivity index (χ0n) is 10.9. The molecule has 4 nitrogen and oxygen atoms in total. The fourth-order valence-electron chi connectivity index (χ4n) is 2.97. The molecule has 2 rings (SSSR count). The van der Waals surface area contributed by atoms with Crippen molar-refractivity contribution in [3.63, 3.8) is 0 Å². The van der Waals surface area contributed by atoms with Gasteiger partial charge in [-0.15, -0.1) is 0 Å². The molecule has 1 aliphatic heterocycles. The molecule has 1 amide bonds. The van der Waals surface area contributed by atoms with Crippen LogP contribution in [0.3, 0.4) is 0 Å². The molecular formula is C13H25N3O. The number of hydrogen-bond acceptors (Lipinski definition) is 3. The Morgan fingerprint density at radius 3 is 2.59 bits per heavy atom. The average molecular weight is 239 g/mol. The predicted octanol–water partition coefficient (Wildman–Crippen LogP) is 0.668. The monoisotopic (exact) mass is 239 g/mol. The summed E-state index contributed by atoms with van der Waals surface area (Å²) in [5.74, 6) is 0.402. The minimum absolute atomic E-state index is 0.0900. The zero-order valence-corrected chi connectivity index (χ0v) is 10.9. The maximum atomic E-state index is 12.5. The van der Waals surface area contributed by atoms with E-state index in [0.29, 0.717) is 5.91 Å². The maximum absolute atomic E-state index is 12.5. The molecule has 2 N–H and O–H groups in total. The third-order valence-electron chi connectivity index (χ3n) is 4.17. The topological polar surface area (TPSA) is 49.6 Å². The summed E-state index contributed by atoms with van der Waals surface area (Å²) in [7, 11) is 2.13. The first-order chi connectivity index (χ1) is 8.18. The number of nitrogens with zero attached hydrogens (tertiary/aromatic N) is 2. The maximum Gasteiger partial charge on any atom is 0.227 e. The van der Waals surface area contributed by atoms with Gasteiger partial charge in [0.15, 0.2) is 0 Å². The van der Waals surface area contributed by atoms with Crippen LogP contribution in [0, 0.1) is 5.92 Å². The molecule has 1 saturated carbocycles. The molecule has 0 spiro atoms. The minimum Gasteiger partial charge on any atom is -0.341 e. The largest absolute Gasteiger partial charge is 0.341 e. The summed E-state index contributed by atoms with van der Waals surface area (Å²) in [6.07, 6.45) is 5.45. The van der Waals surface area contributed by atoms with E-state index in [0.717, 1.165) is 51.9 Å². The van der Waals surface area contributed by atoms with Crippen LogP contribution in [-0.2, 0) is 4.79 Å². The highest BCUT2D eigenvalue weighted by Crippen LogP contribution is 2.25. The Morgan fingerprint density at radius 2 is 1.82 bits per heavy atom. The number of carbonyl (C=O) groups is 1. The summed E-state index contributed by atoms with van der Waals surface area (Å²) in [5, 5.41) is 0. The SMILES string of the molecule is CN1CCCN(C(=O)C2CCCCC2N)CC1. The molecule has 98 valence electrons. The van der Waals surface area contributed by atoms with E-state index in [2.05, 4.69) is 11.9 Å². The van der Waals surface area contributed by atoms with E-state index < -0.39 is 0 Å². The summed E-state index contributed by atoms with van der Waals surface area (Å²) in [4.78, 5) is 16.8. The molecule has 1 saturated heterocycles. The van der Waals surface area contributed by atoms with Crippen LogP contribution in [0.5, 0.6) is 0 Å². The molecule has 0 radical (unpaired) electrons. The van der Waals surface area contributed by atoms with Gasteiger partial charge in [-0.2, -0.15) is 0 Å². The van der Waals surface area contributed by atoms with Gasteiger partial charge in [-0.1, -0.05) is 12.8 Å². The lowest BCUT2D eigenvalue weighted by molar-refractivity contribution is -0.137. The lowest BCUT2D eigenvalue weighted by atomic mass is 9.84. The van der Waals surface area contributed by atoms with Gasteiger partial charge in [0.1, 0.15) is 0 Å². The van der Waals surface area contributed by atoms with E-state index in [1.54, 1.807) is 0 Å². The Labute approximate surface area is 104 Å². The van der Waals surface area contributed by atoms with Crippen molar-refractivity contribution in [3.8, 4) is 0 Å². The molecular weight excluding hydrogens is 214 g/mol. The van der Waals surface area contributed by atoms with Gasteiger partial charge in [-0.25, -0.2) is 0 Å². The summed E-state index contributed by atoms with van der Waals surface area (Å²) in [6, 6.07) is 0.0947. The molecule has 2 aliphatic rings. The Kier molecular flexibility index (Phi) is 4.40. The Morgan fingerprint density at radius 1 is 1.06 bits per heavy atom. The van der Waals surface area contributed by atoms with E-state index in [9.17, 15) is 4.79 Å². The Bertz CT molecular complexity index is 269. The first kappa shape index (κ1) is 12.8. The molecule has 0 aromatic carbocycles. The quantitative estimate of drug-likeness (QED) is 0.731. The van der Waals surface area contributed by atoms with Crippen LogP contribution in [0.1, 0.15) is 32.1 Å². The van der Waals surface area contributed by atoms with Gasteiger partial charge in [0.05, 0.1) is 5.92 Å². The molecule has 1 aliphatic carbocycles. The third kappa shape index (κ3) is 3.19. The van der Waals surface area contributed by atoms with Crippen LogP contribution in [0.25, 0.3) is 0 Å². The first-order valence-electron chi connectivity index (χ1n) is 6.91. The highest BCUT2D eigenvalue weighted by Gasteiger charge is 2.31. The van der Waals surface area contributed by atoms with E-state index in [4.69, 9.17) is 5.73 Å². The second-order valence-electron chi connectivity index (χ2n) is 5.54. The zero-order chi connectivity index (χ0) is 12.3. The van der Waals surface area contributed by atoms with Crippen molar-refractivity contribution < 1.29 is 4.79 Å². The molecule has 4 heteroatoms. The molecule has 1 heterocycles. The molecule has 0 bridgehead atoms. The van der Waals surface area contributed by atoms with Crippen molar-refractivity contribution in [1.29, 1.82) is 0 Å². The molecule has 2 fully saturated rings. The van der Waals surface area contributed by atoms with Crippen LogP contribution < -0.4 is 5.73 Å². The van der Waals surface area contributed by atoms with Gasteiger partial charge in [0.2, 0.25) is 5.91 Å². The summed E-state index contributed by atoms with van der Waals surface area (Å²) < 4.78 is 0. The first-order valence-corrected chi connectivity index (χ1v) is 6.91. The Balaban J connectivity index is 1.93. The van der Waals surface area contributed by atoms with Crippen LogP contribution in [0.4, 0.5) is 0 Å². The lowest BCUT2D eigenvalue weighted by Crippen LogP contribution is -2.46. The van der Waals surface area contributed by atoms with E-state index in [1.807, 2.05) is 4.90 Å². The molecule has 2 atom stereocenters. The smallest absolute Gasteiger partial charge is 0.227 e. The van der Waals surface area contributed by atoms with Crippen molar-refractivity contribution >= 4 is 5.91 Å². The van der Waals surface area contributed by atoms with Crippen molar-refractivity contribution in [3.05, 3.63) is 0 Å². The Hall–Kier alpha value is -0.610. The third-order valence-corrected chi connectivity index (χ3v) is 4.17. The lowest BCUT2D eigenvalue weighted by Gasteiger charge is -2.32. The van der Waals surface area contributed by atoms with E-state index in [1.165, 1.54) is 6.42 Å². The number of amides is 1. The van der Waals surface area contributed by atoms with Gasteiger partial charge in [-0.05, 0) is 32.9 Å². The summed E-state index contributed by atoms with van der Waals surface area (Å²) in [6.45, 7) is 3.87. The van der Waals surface area contributed by atoms with Crippen molar-refractivity contribution in [2.45, 2.75) is 38.1 Å². The van der Waals surface area contributed by atoms with Crippen LogP contribution in [0.15, 0.2) is 0 Å². The predicted molar refractivity (Wildman–Crippen MR) is 68.6 cm³/mol. The van der Waals surface area contributed by atoms with Gasteiger partial charge in [0, 0.05) is 25.7 Å². The number of nitrogens with two attached hydrogens (primary N) is 1. The second kappa shape index (κ2) is 5.83. The standard InChI is InChI=1S/C13H25N3O/c1-15-7-4-8-16(10-9-15)13(17)11-5-2-3-6-12(11)14/h11-12H,2-10,14H2,1H3. The number of rotatable bonds is 1. The molecule has 0 aromatic heterocycles. The fraction of sp³-hybridized carbons (Fsp3) is 0.923. The van der Waals surface area contributed by atoms with E-state index >= 15 is 0 Å². The molecule has 0 aromatic rings. The number of likely N-dealkylation sites (N-methyl/N-ethyl adjacent to an activating group) is 1. The highest BCUT2D eigenvalue weighted by atomic mass is 16.2. The normalized spacial score (nSPS) is 32.2. The van der Waals surface area contributed by atoms with Gasteiger partial charge >= 0.3 is 0 Å². The summed E-state index contributed by atoms with van der Waals surface area (Å²) >= 11 is 0. The number of carbonyl (C=O) groups excluding carboxylic acids is 1. The van der Waals surface area contributed by atoms with Crippen LogP contribution >= 0.6 is 0 Å². The molecule has 2 unspecified atom stereocenters. The van der Waals surface area contributed by atoms with Gasteiger partial charge in [-0.3, -0.25) is 4.79 Å². The van der Waals surface area contributed by atoms with Crippen molar-refractivity contribution in [2.75, 3.05) is 33.2 Å². The number of hydrogen-bond donors (Lipinski definition) is 1. The van der Waals surface area contributed by atoms with Crippen molar-refractivity contribution in [1.82, 2.24) is 9.80 Å². The fourth-order valence-corrected chi connectivity index (χ4v) is 2.97. The minimum atomic E-state index is 0.0900. The second-order valence-corrected chi connectivity index (χ2v) is 5.54.